The normalized spacial score (nSPS) is 11.8. The molecule has 24 heavy (non-hydrogen) atoms. The fourth-order valence-electron chi connectivity index (χ4n) is 2.31. The van der Waals surface area contributed by atoms with Crippen LogP contribution in [-0.4, -0.2) is 16.1 Å². The Morgan fingerprint density at radius 3 is 2.67 bits per heavy atom. The van der Waals surface area contributed by atoms with Crippen molar-refractivity contribution in [1.29, 1.82) is 0 Å². The van der Waals surface area contributed by atoms with Crippen LogP contribution in [0, 0.1) is 0 Å². The van der Waals surface area contributed by atoms with Crippen molar-refractivity contribution in [3.63, 3.8) is 0 Å². The van der Waals surface area contributed by atoms with Crippen LogP contribution in [0.4, 0.5) is 0 Å². The van der Waals surface area contributed by atoms with Crippen LogP contribution in [0.2, 0.25) is 10.0 Å². The van der Waals surface area contributed by atoms with Gasteiger partial charge in [-0.05, 0) is 41.8 Å². The number of aromatic nitrogens is 1. The SMILES string of the molecule is O=C(O)CCC(=Cc1cccc(Cl)c1Cl)c1nc2ccccc2s1. The predicted octanol–water partition coefficient (Wildman–Crippen LogP) is 6.01. The summed E-state index contributed by atoms with van der Waals surface area (Å²) in [6.07, 6.45) is 2.27. The van der Waals surface area contributed by atoms with E-state index in [0.29, 0.717) is 16.5 Å². The third kappa shape index (κ3) is 3.78. The van der Waals surface area contributed by atoms with Crippen LogP contribution >= 0.6 is 34.5 Å². The number of hydrogen-bond acceptors (Lipinski definition) is 3. The van der Waals surface area contributed by atoms with Gasteiger partial charge >= 0.3 is 5.97 Å². The van der Waals surface area contributed by atoms with Crippen LogP contribution in [-0.2, 0) is 4.79 Å². The zero-order valence-corrected chi connectivity index (χ0v) is 14.8. The van der Waals surface area contributed by atoms with Crippen LogP contribution in [0.5, 0.6) is 0 Å². The average Bonchev–Trinajstić information content (AvgIpc) is 2.99. The molecular weight excluding hydrogens is 365 g/mol. The largest absolute Gasteiger partial charge is 0.481 e. The number of fused-ring (bicyclic) bond motifs is 1. The Kier molecular flexibility index (Phi) is 5.19. The van der Waals surface area contributed by atoms with Crippen molar-refractivity contribution in [3.05, 3.63) is 63.1 Å². The molecule has 0 saturated carbocycles. The summed E-state index contributed by atoms with van der Waals surface area (Å²) < 4.78 is 1.06. The quantitative estimate of drug-likeness (QED) is 0.592. The summed E-state index contributed by atoms with van der Waals surface area (Å²) >= 11 is 13.9. The maximum absolute atomic E-state index is 11.0. The highest BCUT2D eigenvalue weighted by Crippen LogP contribution is 2.33. The number of thiazole rings is 1. The van der Waals surface area contributed by atoms with Gasteiger partial charge in [0.15, 0.2) is 0 Å². The fourth-order valence-corrected chi connectivity index (χ4v) is 3.68. The van der Waals surface area contributed by atoms with Crippen molar-refractivity contribution in [2.75, 3.05) is 0 Å². The van der Waals surface area contributed by atoms with Gasteiger partial charge in [0.25, 0.3) is 0 Å². The molecule has 6 heteroatoms. The van der Waals surface area contributed by atoms with Crippen LogP contribution in [0.15, 0.2) is 42.5 Å². The molecule has 3 rings (SSSR count). The first kappa shape index (κ1) is 17.0. The lowest BCUT2D eigenvalue weighted by Crippen LogP contribution is -1.95. The van der Waals surface area contributed by atoms with E-state index in [0.717, 1.165) is 26.4 Å². The summed E-state index contributed by atoms with van der Waals surface area (Å²) in [4.78, 5) is 15.6. The van der Waals surface area contributed by atoms with E-state index in [-0.39, 0.29) is 6.42 Å². The van der Waals surface area contributed by atoms with E-state index in [1.807, 2.05) is 42.5 Å². The Morgan fingerprint density at radius 1 is 1.12 bits per heavy atom. The summed E-state index contributed by atoms with van der Waals surface area (Å²) in [7, 11) is 0. The number of benzene rings is 2. The number of para-hydroxylation sites is 1. The molecule has 0 aliphatic rings. The van der Waals surface area contributed by atoms with E-state index in [4.69, 9.17) is 28.3 Å². The third-order valence-electron chi connectivity index (χ3n) is 3.49. The highest BCUT2D eigenvalue weighted by atomic mass is 35.5. The van der Waals surface area contributed by atoms with Crippen molar-refractivity contribution in [1.82, 2.24) is 4.98 Å². The van der Waals surface area contributed by atoms with Gasteiger partial charge in [0.2, 0.25) is 0 Å². The maximum atomic E-state index is 11.0. The third-order valence-corrected chi connectivity index (χ3v) is 5.43. The van der Waals surface area contributed by atoms with Crippen LogP contribution in [0.25, 0.3) is 21.9 Å². The zero-order chi connectivity index (χ0) is 17.1. The molecule has 122 valence electrons. The highest BCUT2D eigenvalue weighted by Gasteiger charge is 2.12. The van der Waals surface area contributed by atoms with E-state index in [9.17, 15) is 4.79 Å². The molecule has 3 nitrogen and oxygen atoms in total. The van der Waals surface area contributed by atoms with E-state index in [1.165, 1.54) is 11.3 Å². The number of halogens is 2. The molecule has 1 heterocycles. The summed E-state index contributed by atoms with van der Waals surface area (Å²) in [6, 6.07) is 13.2. The Balaban J connectivity index is 2.06. The van der Waals surface area contributed by atoms with Gasteiger partial charge in [0.1, 0.15) is 5.01 Å². The monoisotopic (exact) mass is 377 g/mol. The molecular formula is C18H13Cl2NO2S. The summed E-state index contributed by atoms with van der Waals surface area (Å²) in [5.41, 5.74) is 2.49. The molecule has 0 bridgehead atoms. The lowest BCUT2D eigenvalue weighted by Gasteiger charge is -2.05. The average molecular weight is 378 g/mol. The maximum Gasteiger partial charge on any atom is 0.303 e. The lowest BCUT2D eigenvalue weighted by molar-refractivity contribution is -0.136. The number of nitrogens with zero attached hydrogens (tertiary/aromatic N) is 1. The fraction of sp³-hybridized carbons (Fsp3) is 0.111. The Bertz CT molecular complexity index is 901. The lowest BCUT2D eigenvalue weighted by atomic mass is 10.1. The predicted molar refractivity (Wildman–Crippen MR) is 101 cm³/mol. The molecule has 0 radical (unpaired) electrons. The van der Waals surface area contributed by atoms with E-state index < -0.39 is 5.97 Å². The smallest absolute Gasteiger partial charge is 0.303 e. The second-order valence-corrected chi connectivity index (χ2v) is 7.01. The Labute approximate surface area is 153 Å². The molecule has 2 aromatic carbocycles. The number of aliphatic carboxylic acids is 1. The van der Waals surface area contributed by atoms with Gasteiger partial charge in [-0.2, -0.15) is 0 Å². The van der Waals surface area contributed by atoms with Gasteiger partial charge in [0, 0.05) is 6.42 Å². The number of carboxylic acids is 1. The summed E-state index contributed by atoms with van der Waals surface area (Å²) in [6.45, 7) is 0. The van der Waals surface area contributed by atoms with Crippen LogP contribution in [0.3, 0.4) is 0 Å². The summed E-state index contributed by atoms with van der Waals surface area (Å²) in [5, 5.41) is 10.7. The minimum atomic E-state index is -0.848. The van der Waals surface area contributed by atoms with Gasteiger partial charge in [-0.1, -0.05) is 47.5 Å². The molecule has 0 saturated heterocycles. The molecule has 1 N–H and O–H groups in total. The van der Waals surface area contributed by atoms with E-state index in [1.54, 1.807) is 6.07 Å². The minimum Gasteiger partial charge on any atom is -0.481 e. The molecule has 0 fully saturated rings. The second kappa shape index (κ2) is 7.34. The van der Waals surface area contributed by atoms with E-state index >= 15 is 0 Å². The first-order valence-corrected chi connectivity index (χ1v) is 8.84. The molecule has 3 aromatic rings. The molecule has 0 aliphatic heterocycles. The topological polar surface area (TPSA) is 50.2 Å². The molecule has 1 aromatic heterocycles. The first-order chi connectivity index (χ1) is 11.5. The van der Waals surface area contributed by atoms with Crippen molar-refractivity contribution >= 4 is 62.4 Å². The highest BCUT2D eigenvalue weighted by molar-refractivity contribution is 7.19. The van der Waals surface area contributed by atoms with Gasteiger partial charge in [-0.3, -0.25) is 4.79 Å². The molecule has 0 spiro atoms. The van der Waals surface area contributed by atoms with Gasteiger partial charge in [-0.15, -0.1) is 11.3 Å². The second-order valence-electron chi connectivity index (χ2n) is 5.19. The molecule has 0 unspecified atom stereocenters. The number of hydrogen-bond donors (Lipinski definition) is 1. The summed E-state index contributed by atoms with van der Waals surface area (Å²) in [5.74, 6) is -0.848. The van der Waals surface area contributed by atoms with Crippen molar-refractivity contribution in [3.8, 4) is 0 Å². The van der Waals surface area contributed by atoms with Crippen molar-refractivity contribution in [2.24, 2.45) is 0 Å². The Morgan fingerprint density at radius 2 is 1.92 bits per heavy atom. The van der Waals surface area contributed by atoms with Gasteiger partial charge < -0.3 is 5.11 Å². The van der Waals surface area contributed by atoms with Gasteiger partial charge in [0.05, 0.1) is 20.3 Å². The standard InChI is InChI=1S/C18H13Cl2NO2S/c19-13-5-3-4-11(17(13)20)10-12(8-9-16(22)23)18-21-14-6-1-2-7-15(14)24-18/h1-7,10H,8-9H2,(H,22,23). The van der Waals surface area contributed by atoms with Crippen LogP contribution < -0.4 is 0 Å². The number of carboxylic acid groups (broad SMARTS) is 1. The number of allylic oxidation sites excluding steroid dienone is 1. The zero-order valence-electron chi connectivity index (χ0n) is 12.5. The van der Waals surface area contributed by atoms with E-state index in [2.05, 4.69) is 4.98 Å². The van der Waals surface area contributed by atoms with Crippen molar-refractivity contribution < 1.29 is 9.90 Å². The minimum absolute atomic E-state index is 0.0277. The number of carbonyl (C=O) groups is 1. The van der Waals surface area contributed by atoms with Crippen molar-refractivity contribution in [2.45, 2.75) is 12.8 Å². The Hall–Kier alpha value is -1.88. The first-order valence-electron chi connectivity index (χ1n) is 7.27. The molecule has 0 amide bonds. The molecule has 0 atom stereocenters. The van der Waals surface area contributed by atoms with Crippen LogP contribution in [0.1, 0.15) is 23.4 Å². The number of rotatable bonds is 5. The van der Waals surface area contributed by atoms with Gasteiger partial charge in [-0.25, -0.2) is 4.98 Å². The molecule has 0 aliphatic carbocycles.